The van der Waals surface area contributed by atoms with Crippen molar-refractivity contribution >= 4 is 27.9 Å². The maximum absolute atomic E-state index is 13.4. The van der Waals surface area contributed by atoms with Crippen LogP contribution in [0, 0.1) is 5.41 Å². The Morgan fingerprint density at radius 1 is 1.03 bits per heavy atom. The number of aliphatic hydroxyl groups is 1. The lowest BCUT2D eigenvalue weighted by Crippen LogP contribution is -2.57. The lowest BCUT2D eigenvalue weighted by atomic mass is 10.0. The van der Waals surface area contributed by atoms with Crippen LogP contribution in [0.4, 0.5) is 0 Å². The van der Waals surface area contributed by atoms with Gasteiger partial charge in [0.15, 0.2) is 0 Å². The minimum absolute atomic E-state index is 0.000933. The van der Waals surface area contributed by atoms with E-state index in [4.69, 9.17) is 16.2 Å². The molecular weight excluding hydrogens is 484 g/mol. The van der Waals surface area contributed by atoms with E-state index in [1.165, 1.54) is 6.92 Å². The molecule has 194 valence electrons. The van der Waals surface area contributed by atoms with Crippen molar-refractivity contribution in [2.24, 2.45) is 5.73 Å². The number of hydrogen-bond acceptors (Lipinski definition) is 6. The molecule has 3 rings (SSSR count). The summed E-state index contributed by atoms with van der Waals surface area (Å²) in [5, 5.41) is 16.8. The second kappa shape index (κ2) is 12.1. The highest BCUT2D eigenvalue weighted by Gasteiger charge is 2.31. The molecule has 2 aromatic carbocycles. The molecule has 11 nitrogen and oxygen atoms in total. The number of nitrogens with two attached hydrogens (primary N) is 1. The van der Waals surface area contributed by atoms with Crippen LogP contribution < -0.4 is 15.2 Å². The van der Waals surface area contributed by atoms with Gasteiger partial charge in [-0.15, -0.1) is 0 Å². The van der Waals surface area contributed by atoms with E-state index in [0.29, 0.717) is 48.4 Å². The van der Waals surface area contributed by atoms with Crippen LogP contribution >= 0.6 is 0 Å². The summed E-state index contributed by atoms with van der Waals surface area (Å²) in [4.78, 5) is 28.2. The summed E-state index contributed by atoms with van der Waals surface area (Å²) in [6, 6.07) is 12.5. The average Bonchev–Trinajstić information content (AvgIpc) is 2.87. The second-order valence-electron chi connectivity index (χ2n) is 8.62. The quantitative estimate of drug-likeness (QED) is 0.214. The predicted molar refractivity (Wildman–Crippen MR) is 135 cm³/mol. The number of hydrogen-bond donors (Lipinski definition) is 5. The number of nitrogens with one attached hydrogen (secondary N) is 3. The number of rotatable bonds is 10. The number of nitrogen functional groups attached to an aromatic ring is 1. The molecule has 1 aliphatic rings. The van der Waals surface area contributed by atoms with Gasteiger partial charge in [-0.1, -0.05) is 42.5 Å². The molecule has 12 heteroatoms. The zero-order valence-electron chi connectivity index (χ0n) is 20.1. The van der Waals surface area contributed by atoms with Crippen molar-refractivity contribution in [3.63, 3.8) is 0 Å². The van der Waals surface area contributed by atoms with E-state index < -0.39 is 22.2 Å². The third-order valence-electron chi connectivity index (χ3n) is 5.98. The minimum atomic E-state index is -4.08. The van der Waals surface area contributed by atoms with Gasteiger partial charge >= 0.3 is 0 Å². The monoisotopic (exact) mass is 516 g/mol. The van der Waals surface area contributed by atoms with Crippen molar-refractivity contribution in [2.75, 3.05) is 26.2 Å². The van der Waals surface area contributed by atoms with Gasteiger partial charge in [0.05, 0.1) is 6.61 Å². The SMILES string of the molecule is CC(=O)N1CCN(C(=O)C(Cc2cccc(C(=N)N)c2)NS(=O)(=O)NCc2ccc(CO)cc2)CC1. The van der Waals surface area contributed by atoms with Gasteiger partial charge in [0.1, 0.15) is 11.9 Å². The summed E-state index contributed by atoms with van der Waals surface area (Å²) in [5.74, 6) is -0.602. The van der Waals surface area contributed by atoms with Crippen LogP contribution in [-0.4, -0.2) is 73.2 Å². The average molecular weight is 517 g/mol. The largest absolute Gasteiger partial charge is 0.392 e. The highest BCUT2D eigenvalue weighted by molar-refractivity contribution is 7.87. The van der Waals surface area contributed by atoms with Crippen LogP contribution in [0.5, 0.6) is 0 Å². The minimum Gasteiger partial charge on any atom is -0.392 e. The van der Waals surface area contributed by atoms with Crippen LogP contribution in [0.25, 0.3) is 0 Å². The Hall–Kier alpha value is -3.32. The Kier molecular flexibility index (Phi) is 9.15. The summed E-state index contributed by atoms with van der Waals surface area (Å²) >= 11 is 0. The molecule has 0 bridgehead atoms. The number of benzene rings is 2. The number of aliphatic hydroxyl groups excluding tert-OH is 1. The Balaban J connectivity index is 1.75. The fraction of sp³-hybridized carbons (Fsp3) is 0.375. The second-order valence-corrected chi connectivity index (χ2v) is 10.2. The fourth-order valence-electron chi connectivity index (χ4n) is 3.91. The molecule has 36 heavy (non-hydrogen) atoms. The lowest BCUT2D eigenvalue weighted by Gasteiger charge is -2.36. The van der Waals surface area contributed by atoms with Crippen molar-refractivity contribution in [1.29, 1.82) is 5.41 Å². The summed E-state index contributed by atoms with van der Waals surface area (Å²) in [6.07, 6.45) is 0.0545. The molecule has 2 amide bonds. The number of carbonyl (C=O) groups is 2. The molecule has 2 aromatic rings. The topological polar surface area (TPSA) is 169 Å². The van der Waals surface area contributed by atoms with Gasteiger partial charge in [-0.3, -0.25) is 15.0 Å². The van der Waals surface area contributed by atoms with Crippen LogP contribution in [0.2, 0.25) is 0 Å². The van der Waals surface area contributed by atoms with E-state index in [-0.39, 0.29) is 31.3 Å². The van der Waals surface area contributed by atoms with Gasteiger partial charge in [-0.2, -0.15) is 17.9 Å². The van der Waals surface area contributed by atoms with E-state index in [9.17, 15) is 18.0 Å². The maximum Gasteiger partial charge on any atom is 0.277 e. The summed E-state index contributed by atoms with van der Waals surface area (Å²) < 4.78 is 30.7. The summed E-state index contributed by atoms with van der Waals surface area (Å²) in [6.45, 7) is 2.72. The molecule has 6 N–H and O–H groups in total. The predicted octanol–water partition coefficient (Wildman–Crippen LogP) is -0.311. The first-order chi connectivity index (χ1) is 17.1. The third kappa shape index (κ3) is 7.59. The Labute approximate surface area is 211 Å². The first-order valence-corrected chi connectivity index (χ1v) is 13.0. The number of amidine groups is 1. The Morgan fingerprint density at radius 2 is 1.64 bits per heavy atom. The number of nitrogens with zero attached hydrogens (tertiary/aromatic N) is 2. The van der Waals surface area contributed by atoms with Gasteiger partial charge in [0.25, 0.3) is 10.2 Å². The molecule has 1 fully saturated rings. The molecule has 1 saturated heterocycles. The van der Waals surface area contributed by atoms with Crippen molar-refractivity contribution < 1.29 is 23.1 Å². The third-order valence-corrected chi connectivity index (χ3v) is 7.10. The smallest absolute Gasteiger partial charge is 0.277 e. The molecule has 0 saturated carbocycles. The summed E-state index contributed by atoms with van der Waals surface area (Å²) in [5.41, 5.74) is 8.10. The molecule has 0 aliphatic carbocycles. The standard InChI is InChI=1S/C24H32N6O5S/c1-17(32)29-9-11-30(12-10-29)24(33)22(14-20-3-2-4-21(13-20)23(25)26)28-36(34,35)27-15-18-5-7-19(16-31)8-6-18/h2-8,13,22,27-28,31H,9-12,14-16H2,1H3,(H3,25,26). The maximum atomic E-state index is 13.4. The summed E-state index contributed by atoms with van der Waals surface area (Å²) in [7, 11) is -4.08. The van der Waals surface area contributed by atoms with Gasteiger partial charge in [-0.25, -0.2) is 0 Å². The molecular formula is C24H32N6O5S. The molecule has 0 aromatic heterocycles. The first kappa shape index (κ1) is 27.3. The van der Waals surface area contributed by atoms with Crippen LogP contribution in [0.15, 0.2) is 48.5 Å². The van der Waals surface area contributed by atoms with Crippen molar-refractivity contribution in [2.45, 2.75) is 32.5 Å². The lowest BCUT2D eigenvalue weighted by molar-refractivity contribution is -0.139. The molecule has 1 heterocycles. The van der Waals surface area contributed by atoms with Crippen molar-refractivity contribution in [1.82, 2.24) is 19.2 Å². The number of piperazine rings is 1. The highest BCUT2D eigenvalue weighted by atomic mass is 32.2. The number of carbonyl (C=O) groups excluding carboxylic acids is 2. The van der Waals surface area contributed by atoms with E-state index >= 15 is 0 Å². The number of amides is 2. The fourth-order valence-corrected chi connectivity index (χ4v) is 4.91. The van der Waals surface area contributed by atoms with Gasteiger partial charge in [-0.05, 0) is 29.2 Å². The Bertz CT molecular complexity index is 1190. The molecule has 1 atom stereocenters. The van der Waals surface area contributed by atoms with Gasteiger partial charge in [0, 0.05) is 45.2 Å². The molecule has 0 spiro atoms. The molecule has 1 aliphatic heterocycles. The van der Waals surface area contributed by atoms with E-state index in [1.54, 1.807) is 58.3 Å². The van der Waals surface area contributed by atoms with E-state index in [2.05, 4.69) is 9.44 Å². The highest BCUT2D eigenvalue weighted by Crippen LogP contribution is 2.12. The van der Waals surface area contributed by atoms with Crippen LogP contribution in [0.3, 0.4) is 0 Å². The normalized spacial score (nSPS) is 14.9. The van der Waals surface area contributed by atoms with Crippen molar-refractivity contribution in [3.05, 3.63) is 70.8 Å². The van der Waals surface area contributed by atoms with Gasteiger partial charge < -0.3 is 20.6 Å². The molecule has 0 radical (unpaired) electrons. The van der Waals surface area contributed by atoms with Crippen LogP contribution in [0.1, 0.15) is 29.2 Å². The van der Waals surface area contributed by atoms with Gasteiger partial charge in [0.2, 0.25) is 11.8 Å². The zero-order valence-corrected chi connectivity index (χ0v) is 20.9. The van der Waals surface area contributed by atoms with E-state index in [0.717, 1.165) is 0 Å². The zero-order chi connectivity index (χ0) is 26.3. The Morgan fingerprint density at radius 3 is 2.22 bits per heavy atom. The van der Waals surface area contributed by atoms with E-state index in [1.807, 2.05) is 0 Å². The van der Waals surface area contributed by atoms with Crippen molar-refractivity contribution in [3.8, 4) is 0 Å². The first-order valence-electron chi connectivity index (χ1n) is 11.5. The van der Waals surface area contributed by atoms with Crippen LogP contribution in [-0.2, 0) is 39.4 Å². The molecule has 1 unspecified atom stereocenters.